The molecule has 1 aromatic carbocycles. The monoisotopic (exact) mass is 399 g/mol. The molecule has 0 aliphatic rings. The van der Waals surface area contributed by atoms with Crippen LogP contribution in [0.3, 0.4) is 0 Å². The zero-order valence-corrected chi connectivity index (χ0v) is 13.9. The van der Waals surface area contributed by atoms with Crippen LogP contribution in [0.2, 0.25) is 0 Å². The lowest BCUT2D eigenvalue weighted by atomic mass is 10.1. The maximum absolute atomic E-state index is 11.7. The van der Waals surface area contributed by atoms with E-state index in [2.05, 4.69) is 15.9 Å². The van der Waals surface area contributed by atoms with E-state index >= 15 is 0 Å². The highest BCUT2D eigenvalue weighted by Crippen LogP contribution is 2.30. The number of benzene rings is 1. The molecule has 9 heteroatoms. The van der Waals surface area contributed by atoms with Gasteiger partial charge in [-0.1, -0.05) is 0 Å². The average molecular weight is 400 g/mol. The number of phenols is 1. The van der Waals surface area contributed by atoms with Crippen LogP contribution in [0.4, 0.5) is 0 Å². The molecule has 0 aliphatic carbocycles. The Morgan fingerprint density at radius 1 is 1.33 bits per heavy atom. The summed E-state index contributed by atoms with van der Waals surface area (Å²) in [6, 6.07) is 2.86. The van der Waals surface area contributed by atoms with Crippen LogP contribution in [0, 0.1) is 0 Å². The van der Waals surface area contributed by atoms with Crippen LogP contribution in [0.15, 0.2) is 31.9 Å². The molecule has 4 N–H and O–H groups in total. The Bertz CT molecular complexity index is 846. The normalized spacial score (nSPS) is 12.1. The quantitative estimate of drug-likeness (QED) is 0.490. The number of aliphatic carboxylic acids is 1. The third kappa shape index (κ3) is 4.33. The van der Waals surface area contributed by atoms with Gasteiger partial charge in [-0.05, 0) is 28.4 Å². The van der Waals surface area contributed by atoms with E-state index < -0.39 is 23.6 Å². The lowest BCUT2D eigenvalue weighted by Gasteiger charge is -2.09. The number of carbonyl (C=O) groups excluding carboxylic acids is 1. The fourth-order valence-corrected chi connectivity index (χ4v) is 2.33. The molecule has 1 unspecified atom stereocenters. The number of esters is 1. The first-order valence-corrected chi connectivity index (χ1v) is 7.66. The number of hydrogen-bond acceptors (Lipinski definition) is 7. The Morgan fingerprint density at radius 2 is 2.04 bits per heavy atom. The van der Waals surface area contributed by atoms with Crippen molar-refractivity contribution in [3.05, 3.63) is 38.7 Å². The molecule has 8 nitrogen and oxygen atoms in total. The van der Waals surface area contributed by atoms with Gasteiger partial charge in [-0.25, -0.2) is 4.79 Å². The van der Waals surface area contributed by atoms with Crippen molar-refractivity contribution in [1.82, 2.24) is 0 Å². The molecule has 2 aromatic rings. The molecule has 2 rings (SSSR count). The van der Waals surface area contributed by atoms with Gasteiger partial charge in [0.05, 0.1) is 4.47 Å². The van der Waals surface area contributed by atoms with E-state index in [1.165, 1.54) is 18.2 Å². The maximum Gasteiger partial charge on any atom is 0.336 e. The van der Waals surface area contributed by atoms with Gasteiger partial charge in [0, 0.05) is 29.5 Å². The van der Waals surface area contributed by atoms with E-state index in [1.54, 1.807) is 0 Å². The number of ether oxygens (including phenoxy) is 1. The molecule has 0 aliphatic heterocycles. The molecular weight excluding hydrogens is 386 g/mol. The van der Waals surface area contributed by atoms with Crippen molar-refractivity contribution in [2.45, 2.75) is 25.5 Å². The fraction of sp³-hybridized carbons (Fsp3) is 0.267. The largest absolute Gasteiger partial charge is 0.507 e. The number of nitrogens with two attached hydrogens (primary N) is 1. The van der Waals surface area contributed by atoms with E-state index in [1.807, 2.05) is 0 Å². The summed E-state index contributed by atoms with van der Waals surface area (Å²) in [4.78, 5) is 33.8. The van der Waals surface area contributed by atoms with Gasteiger partial charge >= 0.3 is 17.6 Å². The first-order chi connectivity index (χ1) is 11.3. The fourth-order valence-electron chi connectivity index (χ4n) is 1.98. The zero-order valence-electron chi connectivity index (χ0n) is 12.3. The second-order valence-corrected chi connectivity index (χ2v) is 5.89. The second kappa shape index (κ2) is 7.45. The first-order valence-electron chi connectivity index (χ1n) is 6.87. The Morgan fingerprint density at radius 3 is 2.71 bits per heavy atom. The van der Waals surface area contributed by atoms with Crippen LogP contribution in [0.5, 0.6) is 5.75 Å². The minimum atomic E-state index is -1.20. The van der Waals surface area contributed by atoms with Crippen molar-refractivity contribution in [1.29, 1.82) is 0 Å². The van der Waals surface area contributed by atoms with Crippen molar-refractivity contribution in [3.63, 3.8) is 0 Å². The summed E-state index contributed by atoms with van der Waals surface area (Å²) in [6.07, 6.45) is -0.206. The number of aromatic hydroxyl groups is 1. The predicted octanol–water partition coefficient (Wildman–Crippen LogP) is 1.50. The van der Waals surface area contributed by atoms with Crippen molar-refractivity contribution in [2.75, 3.05) is 0 Å². The van der Waals surface area contributed by atoms with Gasteiger partial charge in [-0.3, -0.25) is 9.59 Å². The van der Waals surface area contributed by atoms with Gasteiger partial charge in [-0.15, -0.1) is 0 Å². The number of fused-ring (bicyclic) bond motifs is 1. The minimum absolute atomic E-state index is 0.0503. The second-order valence-electron chi connectivity index (χ2n) is 5.03. The third-order valence-corrected chi connectivity index (χ3v) is 3.90. The molecule has 1 atom stereocenters. The summed E-state index contributed by atoms with van der Waals surface area (Å²) in [7, 11) is 0. The Balaban J connectivity index is 2.12. The number of hydrogen-bond donors (Lipinski definition) is 3. The Hall–Kier alpha value is -2.39. The van der Waals surface area contributed by atoms with E-state index in [-0.39, 0.29) is 30.8 Å². The highest BCUT2D eigenvalue weighted by atomic mass is 79.9. The van der Waals surface area contributed by atoms with Crippen LogP contribution < -0.4 is 11.4 Å². The summed E-state index contributed by atoms with van der Waals surface area (Å²) in [5, 5.41) is 18.8. The lowest BCUT2D eigenvalue weighted by molar-refractivity contribution is -0.145. The molecule has 0 fully saturated rings. The highest BCUT2D eigenvalue weighted by molar-refractivity contribution is 9.10. The molecule has 0 saturated carbocycles. The maximum atomic E-state index is 11.7. The van der Waals surface area contributed by atoms with Gasteiger partial charge < -0.3 is 25.1 Å². The summed E-state index contributed by atoms with van der Waals surface area (Å²) in [5.41, 5.74) is 5.21. The van der Waals surface area contributed by atoms with Crippen molar-refractivity contribution in [3.8, 4) is 5.75 Å². The highest BCUT2D eigenvalue weighted by Gasteiger charge is 2.15. The standard InChI is InChI=1S/C15H14BrNO7/c16-9-4-8-7(3-14(20)24-12(8)5-11(9)18)6-23-13(19)2-1-10(17)15(21)22/h3-5,10,18H,1-2,6,17H2,(H,21,22). The third-order valence-electron chi connectivity index (χ3n) is 3.26. The predicted molar refractivity (Wildman–Crippen MR) is 86.5 cm³/mol. The van der Waals surface area contributed by atoms with Gasteiger partial charge in [0.25, 0.3) is 0 Å². The number of phenolic OH excluding ortho intramolecular Hbond substituents is 1. The van der Waals surface area contributed by atoms with Crippen LogP contribution in [-0.4, -0.2) is 28.2 Å². The number of carboxylic acids is 1. The van der Waals surface area contributed by atoms with Crippen LogP contribution >= 0.6 is 15.9 Å². The van der Waals surface area contributed by atoms with Gasteiger partial charge in [0.1, 0.15) is 24.0 Å². The van der Waals surface area contributed by atoms with E-state index in [0.29, 0.717) is 15.4 Å². The molecular formula is C15H14BrNO7. The van der Waals surface area contributed by atoms with Crippen molar-refractivity contribution >= 4 is 38.8 Å². The number of carbonyl (C=O) groups is 2. The van der Waals surface area contributed by atoms with E-state index in [0.717, 1.165) is 0 Å². The molecule has 0 spiro atoms. The summed E-state index contributed by atoms with van der Waals surface area (Å²) >= 11 is 3.16. The molecule has 128 valence electrons. The van der Waals surface area contributed by atoms with E-state index in [4.69, 9.17) is 20.0 Å². The summed E-state index contributed by atoms with van der Waals surface area (Å²) < 4.78 is 10.4. The van der Waals surface area contributed by atoms with Crippen molar-refractivity contribution < 1.29 is 29.0 Å². The van der Waals surface area contributed by atoms with Crippen LogP contribution in [-0.2, 0) is 20.9 Å². The lowest BCUT2D eigenvalue weighted by Crippen LogP contribution is -2.30. The smallest absolute Gasteiger partial charge is 0.336 e. The molecule has 1 aromatic heterocycles. The van der Waals surface area contributed by atoms with Crippen LogP contribution in [0.1, 0.15) is 18.4 Å². The average Bonchev–Trinajstić information content (AvgIpc) is 2.51. The van der Waals surface area contributed by atoms with E-state index in [9.17, 15) is 19.5 Å². The summed E-state index contributed by atoms with van der Waals surface area (Å²) in [6.45, 7) is -0.194. The number of carboxylic acid groups (broad SMARTS) is 1. The number of halogens is 1. The Labute approximate surface area is 144 Å². The molecule has 0 radical (unpaired) electrons. The molecule has 0 saturated heterocycles. The molecule has 1 heterocycles. The van der Waals surface area contributed by atoms with Gasteiger partial charge in [0.2, 0.25) is 0 Å². The zero-order chi connectivity index (χ0) is 17.9. The van der Waals surface area contributed by atoms with Crippen LogP contribution in [0.25, 0.3) is 11.0 Å². The number of rotatable bonds is 6. The molecule has 0 bridgehead atoms. The van der Waals surface area contributed by atoms with Crippen molar-refractivity contribution in [2.24, 2.45) is 5.73 Å². The van der Waals surface area contributed by atoms with Gasteiger partial charge in [-0.2, -0.15) is 0 Å². The minimum Gasteiger partial charge on any atom is -0.507 e. The topological polar surface area (TPSA) is 140 Å². The molecule has 24 heavy (non-hydrogen) atoms. The van der Waals surface area contributed by atoms with Gasteiger partial charge in [0.15, 0.2) is 0 Å². The molecule has 0 amide bonds. The SMILES string of the molecule is NC(CCC(=O)OCc1cc(=O)oc2cc(O)c(Br)cc12)C(=O)O. The first kappa shape index (κ1) is 18.0. The summed E-state index contributed by atoms with van der Waals surface area (Å²) in [5.74, 6) is -1.92. The Kier molecular flexibility index (Phi) is 5.58.